The molecule has 0 atom stereocenters. The summed E-state index contributed by atoms with van der Waals surface area (Å²) >= 11 is 5.79. The third-order valence-corrected chi connectivity index (χ3v) is 2.92. The van der Waals surface area contributed by atoms with Gasteiger partial charge in [-0.2, -0.15) is 4.68 Å². The van der Waals surface area contributed by atoms with Crippen molar-refractivity contribution in [1.29, 1.82) is 0 Å². The maximum Gasteiger partial charge on any atom is 0.435 e. The second-order valence-corrected chi connectivity index (χ2v) is 6.12. The van der Waals surface area contributed by atoms with Crippen molar-refractivity contribution in [2.75, 3.05) is 11.9 Å². The molecule has 0 aromatic carbocycles. The summed E-state index contributed by atoms with van der Waals surface area (Å²) in [4.78, 5) is 21.8. The number of nitrogens with zero attached hydrogens (tertiary/aromatic N) is 5. The van der Waals surface area contributed by atoms with Gasteiger partial charge in [0.15, 0.2) is 5.82 Å². The number of ether oxygens (including phenoxy) is 1. The predicted molar refractivity (Wildman–Crippen MR) is 83.7 cm³/mol. The molecule has 0 aliphatic carbocycles. The van der Waals surface area contributed by atoms with Crippen molar-refractivity contribution >= 4 is 29.3 Å². The molecule has 8 heteroatoms. The molecule has 0 fully saturated rings. The molecule has 7 nitrogen and oxygen atoms in total. The quantitative estimate of drug-likeness (QED) is 0.790. The van der Waals surface area contributed by atoms with Gasteiger partial charge in [0, 0.05) is 25.0 Å². The van der Waals surface area contributed by atoms with Gasteiger partial charge in [-0.05, 0) is 45.4 Å². The molecule has 2 aromatic rings. The van der Waals surface area contributed by atoms with Crippen LogP contribution < -0.4 is 4.90 Å². The Bertz CT molecular complexity index is 693. The van der Waals surface area contributed by atoms with Gasteiger partial charge in [-0.1, -0.05) is 0 Å². The zero-order valence-electron chi connectivity index (χ0n) is 13.2. The minimum absolute atomic E-state index is 0.146. The second kappa shape index (κ2) is 5.92. The topological polar surface area (TPSA) is 73.1 Å². The van der Waals surface area contributed by atoms with E-state index in [2.05, 4.69) is 15.1 Å². The van der Waals surface area contributed by atoms with Gasteiger partial charge in [0.25, 0.3) is 0 Å². The van der Waals surface area contributed by atoms with Crippen LogP contribution in [-0.4, -0.2) is 38.5 Å². The number of hydrogen-bond donors (Lipinski definition) is 0. The molecule has 2 heterocycles. The monoisotopic (exact) mass is 323 g/mol. The third kappa shape index (κ3) is 3.73. The van der Waals surface area contributed by atoms with Crippen molar-refractivity contribution in [3.63, 3.8) is 0 Å². The third-order valence-electron chi connectivity index (χ3n) is 2.74. The van der Waals surface area contributed by atoms with E-state index in [-0.39, 0.29) is 5.28 Å². The average molecular weight is 324 g/mol. The van der Waals surface area contributed by atoms with E-state index < -0.39 is 11.7 Å². The van der Waals surface area contributed by atoms with E-state index in [4.69, 9.17) is 16.3 Å². The zero-order chi connectivity index (χ0) is 16.5. The summed E-state index contributed by atoms with van der Waals surface area (Å²) in [6.07, 6.45) is 1.03. The number of anilines is 2. The molecule has 0 radical (unpaired) electrons. The van der Waals surface area contributed by atoms with Crippen molar-refractivity contribution in [1.82, 2.24) is 19.7 Å². The highest BCUT2D eigenvalue weighted by Crippen LogP contribution is 2.22. The standard InChI is InChI=1S/C14H18ClN5O2/c1-9-8-11(18-20(9)13(21)22-14(2,3)4)19(5)10-6-7-16-12(15)17-10/h6-8H,1-5H3. The Labute approximate surface area is 133 Å². The molecule has 2 rings (SSSR count). The molecular formula is C14H18ClN5O2. The van der Waals surface area contributed by atoms with Crippen LogP contribution in [-0.2, 0) is 4.74 Å². The number of carbonyl (C=O) groups is 1. The first kappa shape index (κ1) is 16.2. The number of hydrogen-bond acceptors (Lipinski definition) is 6. The lowest BCUT2D eigenvalue weighted by Gasteiger charge is -2.19. The normalized spacial score (nSPS) is 11.4. The lowest BCUT2D eigenvalue weighted by atomic mass is 10.2. The number of halogens is 1. The lowest BCUT2D eigenvalue weighted by Crippen LogP contribution is -2.28. The number of carbonyl (C=O) groups excluding carboxylic acids is 1. The van der Waals surface area contributed by atoms with Crippen LogP contribution >= 0.6 is 11.6 Å². The van der Waals surface area contributed by atoms with Crippen LogP contribution in [0.25, 0.3) is 0 Å². The SMILES string of the molecule is Cc1cc(N(C)c2ccnc(Cl)n2)nn1C(=O)OC(C)(C)C. The molecule has 0 spiro atoms. The van der Waals surface area contributed by atoms with Gasteiger partial charge in [0.1, 0.15) is 11.4 Å². The summed E-state index contributed by atoms with van der Waals surface area (Å²) in [6, 6.07) is 3.47. The molecule has 22 heavy (non-hydrogen) atoms. The highest BCUT2D eigenvalue weighted by atomic mass is 35.5. The minimum atomic E-state index is -0.582. The van der Waals surface area contributed by atoms with Crippen molar-refractivity contribution in [3.8, 4) is 0 Å². The Hall–Kier alpha value is -2.15. The largest absolute Gasteiger partial charge is 0.442 e. The van der Waals surface area contributed by atoms with E-state index in [9.17, 15) is 4.79 Å². The summed E-state index contributed by atoms with van der Waals surface area (Å²) in [5, 5.41) is 4.41. The van der Waals surface area contributed by atoms with E-state index in [1.165, 1.54) is 4.68 Å². The number of rotatable bonds is 2. The fraction of sp³-hybridized carbons (Fsp3) is 0.429. The predicted octanol–water partition coefficient (Wildman–Crippen LogP) is 3.19. The van der Waals surface area contributed by atoms with E-state index in [0.717, 1.165) is 0 Å². The molecule has 2 aromatic heterocycles. The first-order valence-corrected chi connectivity index (χ1v) is 7.07. The van der Waals surface area contributed by atoms with Gasteiger partial charge in [-0.3, -0.25) is 0 Å². The summed E-state index contributed by atoms with van der Waals surface area (Å²) in [5.41, 5.74) is 0.0816. The van der Waals surface area contributed by atoms with Crippen LogP contribution in [0.15, 0.2) is 18.3 Å². The number of aryl methyl sites for hydroxylation is 1. The van der Waals surface area contributed by atoms with Gasteiger partial charge in [-0.25, -0.2) is 14.8 Å². The van der Waals surface area contributed by atoms with Crippen LogP contribution in [0.4, 0.5) is 16.4 Å². The summed E-state index contributed by atoms with van der Waals surface area (Å²) in [6.45, 7) is 7.19. The Morgan fingerprint density at radius 3 is 2.64 bits per heavy atom. The fourth-order valence-corrected chi connectivity index (χ4v) is 1.89. The molecule has 0 aliphatic rings. The van der Waals surface area contributed by atoms with Gasteiger partial charge < -0.3 is 9.64 Å². The minimum Gasteiger partial charge on any atom is -0.442 e. The second-order valence-electron chi connectivity index (χ2n) is 5.78. The first-order chi connectivity index (χ1) is 10.2. The average Bonchev–Trinajstić information content (AvgIpc) is 2.78. The molecular weight excluding hydrogens is 306 g/mol. The van der Waals surface area contributed by atoms with E-state index in [1.54, 1.807) is 58.0 Å². The van der Waals surface area contributed by atoms with Crippen LogP contribution in [0.1, 0.15) is 26.5 Å². The highest BCUT2D eigenvalue weighted by Gasteiger charge is 2.21. The molecule has 0 unspecified atom stereocenters. The van der Waals surface area contributed by atoms with Crippen molar-refractivity contribution in [2.45, 2.75) is 33.3 Å². The van der Waals surface area contributed by atoms with Crippen LogP contribution in [0.2, 0.25) is 5.28 Å². The summed E-state index contributed by atoms with van der Waals surface area (Å²) in [5.74, 6) is 1.13. The smallest absolute Gasteiger partial charge is 0.435 e. The molecule has 0 saturated carbocycles. The molecule has 0 saturated heterocycles. The van der Waals surface area contributed by atoms with Gasteiger partial charge in [0.05, 0.1) is 0 Å². The molecule has 0 aliphatic heterocycles. The van der Waals surface area contributed by atoms with Gasteiger partial charge in [0.2, 0.25) is 5.28 Å². The molecule has 0 bridgehead atoms. The first-order valence-electron chi connectivity index (χ1n) is 6.69. The highest BCUT2D eigenvalue weighted by molar-refractivity contribution is 6.28. The fourth-order valence-electron chi connectivity index (χ4n) is 1.74. The Morgan fingerprint density at radius 2 is 2.05 bits per heavy atom. The molecule has 0 N–H and O–H groups in total. The lowest BCUT2D eigenvalue weighted by molar-refractivity contribution is 0.0511. The van der Waals surface area contributed by atoms with Crippen LogP contribution in [0.5, 0.6) is 0 Å². The number of aromatic nitrogens is 4. The van der Waals surface area contributed by atoms with Crippen molar-refractivity contribution in [2.24, 2.45) is 0 Å². The Kier molecular flexibility index (Phi) is 4.37. The van der Waals surface area contributed by atoms with Crippen molar-refractivity contribution < 1.29 is 9.53 Å². The zero-order valence-corrected chi connectivity index (χ0v) is 13.9. The maximum atomic E-state index is 12.1. The molecule has 0 amide bonds. The van der Waals surface area contributed by atoms with Gasteiger partial charge in [-0.15, -0.1) is 5.10 Å². The Morgan fingerprint density at radius 1 is 1.36 bits per heavy atom. The summed E-state index contributed by atoms with van der Waals surface area (Å²) in [7, 11) is 1.78. The Balaban J connectivity index is 2.27. The van der Waals surface area contributed by atoms with E-state index in [0.29, 0.717) is 17.3 Å². The summed E-state index contributed by atoms with van der Waals surface area (Å²) < 4.78 is 6.54. The van der Waals surface area contributed by atoms with E-state index in [1.807, 2.05) is 0 Å². The maximum absolute atomic E-state index is 12.1. The van der Waals surface area contributed by atoms with Crippen LogP contribution in [0, 0.1) is 6.92 Å². The van der Waals surface area contributed by atoms with Crippen LogP contribution in [0.3, 0.4) is 0 Å². The molecule has 118 valence electrons. The van der Waals surface area contributed by atoms with E-state index >= 15 is 0 Å². The van der Waals surface area contributed by atoms with Crippen molar-refractivity contribution in [3.05, 3.63) is 29.3 Å². The van der Waals surface area contributed by atoms with Gasteiger partial charge >= 0.3 is 6.09 Å².